The van der Waals surface area contributed by atoms with E-state index >= 15 is 0 Å². The zero-order chi connectivity index (χ0) is 18.4. The van der Waals surface area contributed by atoms with Crippen LogP contribution in [0, 0.1) is 0 Å². The summed E-state index contributed by atoms with van der Waals surface area (Å²) in [6.45, 7) is 9.23. The van der Waals surface area contributed by atoms with Gasteiger partial charge in [0.15, 0.2) is 5.96 Å². The van der Waals surface area contributed by atoms with Gasteiger partial charge in [0.2, 0.25) is 0 Å². The van der Waals surface area contributed by atoms with Crippen molar-refractivity contribution in [3.8, 4) is 0 Å². The lowest BCUT2D eigenvalue weighted by Gasteiger charge is -2.35. The monoisotopic (exact) mass is 486 g/mol. The third-order valence-electron chi connectivity index (χ3n) is 5.81. The van der Waals surface area contributed by atoms with E-state index in [-0.39, 0.29) is 29.6 Å². The highest BCUT2D eigenvalue weighted by molar-refractivity contribution is 14.0. The first kappa shape index (κ1) is 22.4. The van der Waals surface area contributed by atoms with Crippen LogP contribution in [0.25, 0.3) is 0 Å². The van der Waals surface area contributed by atoms with E-state index in [4.69, 9.17) is 4.74 Å². The fourth-order valence-electron chi connectivity index (χ4n) is 4.04. The minimum atomic E-state index is -0.0572. The maximum atomic E-state index is 5.86. The summed E-state index contributed by atoms with van der Waals surface area (Å²) in [5, 5.41) is 6.97. The van der Waals surface area contributed by atoms with Gasteiger partial charge in [0.1, 0.15) is 0 Å². The van der Waals surface area contributed by atoms with E-state index in [1.165, 1.54) is 11.1 Å². The number of hydrogen-bond donors (Lipinski definition) is 2. The van der Waals surface area contributed by atoms with Gasteiger partial charge in [-0.25, -0.2) is 0 Å². The molecular weight excluding hydrogens is 451 g/mol. The molecule has 0 aliphatic carbocycles. The smallest absolute Gasteiger partial charge is 0.191 e. The van der Waals surface area contributed by atoms with Crippen LogP contribution in [-0.2, 0) is 17.7 Å². The maximum Gasteiger partial charge on any atom is 0.191 e. The fraction of sp³-hybridized carbons (Fsp3) is 0.667. The number of fused-ring (bicyclic) bond motifs is 1. The third kappa shape index (κ3) is 6.06. The van der Waals surface area contributed by atoms with Crippen LogP contribution in [0.2, 0.25) is 0 Å². The molecule has 1 fully saturated rings. The average Bonchev–Trinajstić information content (AvgIpc) is 3.11. The Labute approximate surface area is 181 Å². The van der Waals surface area contributed by atoms with Gasteiger partial charge in [0, 0.05) is 45.9 Å². The van der Waals surface area contributed by atoms with Crippen LogP contribution in [-0.4, -0.2) is 55.8 Å². The van der Waals surface area contributed by atoms with E-state index in [1.807, 2.05) is 7.05 Å². The lowest BCUT2D eigenvalue weighted by atomic mass is 9.98. The number of aliphatic imine (C=N–C) groups is 1. The normalized spacial score (nSPS) is 24.0. The third-order valence-corrected chi connectivity index (χ3v) is 5.81. The summed E-state index contributed by atoms with van der Waals surface area (Å²) in [6, 6.07) is 9.35. The molecule has 2 aliphatic heterocycles. The van der Waals surface area contributed by atoms with E-state index in [9.17, 15) is 0 Å². The summed E-state index contributed by atoms with van der Waals surface area (Å²) in [6.07, 6.45) is 4.54. The summed E-state index contributed by atoms with van der Waals surface area (Å²) >= 11 is 0. The van der Waals surface area contributed by atoms with Crippen molar-refractivity contribution >= 4 is 29.9 Å². The molecule has 0 radical (unpaired) electrons. The van der Waals surface area contributed by atoms with E-state index in [1.54, 1.807) is 0 Å². The molecule has 0 bridgehead atoms. The molecule has 0 amide bonds. The van der Waals surface area contributed by atoms with Crippen molar-refractivity contribution in [2.75, 3.05) is 33.3 Å². The Balaban J connectivity index is 0.00000261. The number of nitrogens with zero attached hydrogens (tertiary/aromatic N) is 2. The number of guanidine groups is 1. The number of ether oxygens (including phenoxy) is 1. The Morgan fingerprint density at radius 1 is 1.30 bits per heavy atom. The van der Waals surface area contributed by atoms with Crippen molar-refractivity contribution < 1.29 is 4.74 Å². The Bertz CT molecular complexity index is 616. The van der Waals surface area contributed by atoms with Gasteiger partial charge in [-0.1, -0.05) is 31.2 Å². The first-order valence-electron chi connectivity index (χ1n) is 10.0. The van der Waals surface area contributed by atoms with E-state index in [2.05, 4.69) is 58.6 Å². The van der Waals surface area contributed by atoms with Crippen molar-refractivity contribution in [3.63, 3.8) is 0 Å². The predicted octanol–water partition coefficient (Wildman–Crippen LogP) is 3.18. The van der Waals surface area contributed by atoms with E-state index in [0.29, 0.717) is 6.04 Å². The second kappa shape index (κ2) is 10.6. The molecule has 2 unspecified atom stereocenters. The Morgan fingerprint density at radius 3 is 2.74 bits per heavy atom. The summed E-state index contributed by atoms with van der Waals surface area (Å²) in [5.41, 5.74) is 2.93. The summed E-state index contributed by atoms with van der Waals surface area (Å²) in [4.78, 5) is 6.99. The number of halogens is 1. The molecule has 2 heterocycles. The lowest BCUT2D eigenvalue weighted by Crippen LogP contribution is -2.50. The molecular formula is C21H35IN4O. The zero-order valence-corrected chi connectivity index (χ0v) is 19.3. The van der Waals surface area contributed by atoms with Gasteiger partial charge >= 0.3 is 0 Å². The quantitative estimate of drug-likeness (QED) is 0.369. The van der Waals surface area contributed by atoms with Crippen molar-refractivity contribution in [2.45, 2.75) is 57.7 Å². The summed E-state index contributed by atoms with van der Waals surface area (Å²) in [7, 11) is 1.84. The van der Waals surface area contributed by atoms with Gasteiger partial charge in [-0.05, 0) is 43.7 Å². The lowest BCUT2D eigenvalue weighted by molar-refractivity contribution is 0.0242. The number of nitrogens with one attached hydrogen (secondary N) is 2. The highest BCUT2D eigenvalue weighted by Crippen LogP contribution is 2.24. The Kier molecular flexibility index (Phi) is 8.82. The van der Waals surface area contributed by atoms with Crippen LogP contribution in [0.1, 0.15) is 44.2 Å². The van der Waals surface area contributed by atoms with Crippen molar-refractivity contribution in [3.05, 3.63) is 35.4 Å². The minimum Gasteiger partial charge on any atom is -0.373 e. The van der Waals surface area contributed by atoms with Crippen LogP contribution >= 0.6 is 24.0 Å². The molecule has 5 nitrogen and oxygen atoms in total. The van der Waals surface area contributed by atoms with Crippen LogP contribution in [0.5, 0.6) is 0 Å². The molecule has 3 rings (SSSR count). The largest absolute Gasteiger partial charge is 0.373 e. The fourth-order valence-corrected chi connectivity index (χ4v) is 4.04. The molecule has 1 aromatic rings. The van der Waals surface area contributed by atoms with Gasteiger partial charge < -0.3 is 15.4 Å². The standard InChI is InChI=1S/C21H34N4O.HI/c1-4-19(25-12-10-17-8-5-6-9-18(17)15-25)14-23-20(22-3)24-16-21(2)11-7-13-26-21;/h5-6,8-9,19H,4,7,10-16H2,1-3H3,(H2,22,23,24);1H. The molecule has 2 N–H and O–H groups in total. The molecule has 27 heavy (non-hydrogen) atoms. The molecule has 1 saturated heterocycles. The second-order valence-corrected chi connectivity index (χ2v) is 7.76. The van der Waals surface area contributed by atoms with Crippen LogP contribution in [0.4, 0.5) is 0 Å². The Morgan fingerprint density at radius 2 is 2.07 bits per heavy atom. The second-order valence-electron chi connectivity index (χ2n) is 7.76. The summed E-state index contributed by atoms with van der Waals surface area (Å²) < 4.78 is 5.86. The minimum absolute atomic E-state index is 0. The number of benzene rings is 1. The first-order chi connectivity index (χ1) is 12.6. The average molecular weight is 486 g/mol. The molecule has 152 valence electrons. The van der Waals surface area contributed by atoms with Crippen molar-refractivity contribution in [2.24, 2.45) is 4.99 Å². The SMILES string of the molecule is CCC(CNC(=NC)NCC1(C)CCCO1)N1CCc2ccccc2C1.I. The molecule has 0 saturated carbocycles. The number of rotatable bonds is 6. The molecule has 6 heteroatoms. The van der Waals surface area contributed by atoms with Gasteiger partial charge in [-0.15, -0.1) is 24.0 Å². The topological polar surface area (TPSA) is 48.9 Å². The molecule has 2 aliphatic rings. The van der Waals surface area contributed by atoms with Gasteiger partial charge in [-0.2, -0.15) is 0 Å². The van der Waals surface area contributed by atoms with Gasteiger partial charge in [0.05, 0.1) is 5.60 Å². The van der Waals surface area contributed by atoms with Crippen molar-refractivity contribution in [1.29, 1.82) is 0 Å². The molecule has 1 aromatic carbocycles. The summed E-state index contributed by atoms with van der Waals surface area (Å²) in [5.74, 6) is 0.873. The van der Waals surface area contributed by atoms with E-state index in [0.717, 1.165) is 64.4 Å². The highest BCUT2D eigenvalue weighted by atomic mass is 127. The van der Waals surface area contributed by atoms with Crippen LogP contribution < -0.4 is 10.6 Å². The van der Waals surface area contributed by atoms with Gasteiger partial charge in [0.25, 0.3) is 0 Å². The maximum absolute atomic E-state index is 5.86. The molecule has 0 aromatic heterocycles. The highest BCUT2D eigenvalue weighted by Gasteiger charge is 2.30. The van der Waals surface area contributed by atoms with Crippen molar-refractivity contribution in [1.82, 2.24) is 15.5 Å². The van der Waals surface area contributed by atoms with Crippen LogP contribution in [0.15, 0.2) is 29.3 Å². The number of hydrogen-bond acceptors (Lipinski definition) is 3. The predicted molar refractivity (Wildman–Crippen MR) is 123 cm³/mol. The van der Waals surface area contributed by atoms with E-state index < -0.39 is 0 Å². The molecule has 0 spiro atoms. The molecule has 2 atom stereocenters. The van der Waals surface area contributed by atoms with Gasteiger partial charge in [-0.3, -0.25) is 9.89 Å². The first-order valence-corrected chi connectivity index (χ1v) is 10.0. The Hall–Kier alpha value is -0.860. The van der Waals surface area contributed by atoms with Crippen LogP contribution in [0.3, 0.4) is 0 Å². The zero-order valence-electron chi connectivity index (χ0n) is 17.0.